The molecule has 98 valence electrons. The molecule has 0 saturated heterocycles. The number of nitrogens with one attached hydrogen (secondary N) is 1. The summed E-state index contributed by atoms with van der Waals surface area (Å²) in [6, 6.07) is 0. The van der Waals surface area contributed by atoms with E-state index in [2.05, 4.69) is 31.1 Å². The molecule has 4 heteroatoms. The quantitative estimate of drug-likeness (QED) is 0.768. The van der Waals surface area contributed by atoms with Gasteiger partial charge in [0.1, 0.15) is 0 Å². The molecule has 1 heterocycles. The van der Waals surface area contributed by atoms with Crippen LogP contribution in [0, 0.1) is 12.3 Å². The summed E-state index contributed by atoms with van der Waals surface area (Å²) in [5.74, 6) is 0. The minimum Gasteiger partial charge on any atom is -0.392 e. The topological polar surface area (TPSA) is 45.2 Å². The molecule has 0 aliphatic heterocycles. The van der Waals surface area contributed by atoms with E-state index in [1.165, 1.54) is 4.88 Å². The maximum absolute atomic E-state index is 9.82. The van der Waals surface area contributed by atoms with Gasteiger partial charge in [-0.05, 0) is 25.2 Å². The largest absolute Gasteiger partial charge is 0.392 e. The van der Waals surface area contributed by atoms with Crippen LogP contribution >= 0.6 is 11.3 Å². The van der Waals surface area contributed by atoms with Crippen molar-refractivity contribution in [1.29, 1.82) is 0 Å². The predicted octanol–water partition coefficient (Wildman–Crippen LogP) is 2.38. The Labute approximate surface area is 108 Å². The summed E-state index contributed by atoms with van der Waals surface area (Å²) in [4.78, 5) is 5.56. The number of hydrogen-bond acceptors (Lipinski definition) is 4. The summed E-state index contributed by atoms with van der Waals surface area (Å²) in [7, 11) is 0. The van der Waals surface area contributed by atoms with Crippen molar-refractivity contribution in [2.45, 2.75) is 46.6 Å². The molecule has 17 heavy (non-hydrogen) atoms. The molecular formula is C13H24N2OS. The van der Waals surface area contributed by atoms with Gasteiger partial charge < -0.3 is 10.4 Å². The first kappa shape index (κ1) is 14.6. The van der Waals surface area contributed by atoms with Crippen molar-refractivity contribution in [1.82, 2.24) is 10.3 Å². The molecular weight excluding hydrogens is 232 g/mol. The molecule has 1 rings (SSSR count). The first-order valence-corrected chi connectivity index (χ1v) is 7.04. The molecule has 2 N–H and O–H groups in total. The Morgan fingerprint density at radius 2 is 2.18 bits per heavy atom. The van der Waals surface area contributed by atoms with Gasteiger partial charge in [-0.1, -0.05) is 20.8 Å². The van der Waals surface area contributed by atoms with Crippen LogP contribution in [-0.2, 0) is 6.42 Å². The second-order valence-electron chi connectivity index (χ2n) is 5.73. The van der Waals surface area contributed by atoms with E-state index in [4.69, 9.17) is 0 Å². The van der Waals surface area contributed by atoms with E-state index >= 15 is 0 Å². The number of nitrogens with zero attached hydrogens (tertiary/aromatic N) is 1. The zero-order chi connectivity index (χ0) is 12.9. The maximum Gasteiger partial charge on any atom is 0.0797 e. The highest BCUT2D eigenvalue weighted by atomic mass is 32.1. The molecule has 1 aromatic rings. The van der Waals surface area contributed by atoms with Crippen molar-refractivity contribution in [3.63, 3.8) is 0 Å². The van der Waals surface area contributed by atoms with E-state index in [0.717, 1.165) is 25.1 Å². The van der Waals surface area contributed by atoms with Crippen LogP contribution in [0.25, 0.3) is 0 Å². The molecule has 0 bridgehead atoms. The van der Waals surface area contributed by atoms with Crippen LogP contribution in [0.15, 0.2) is 5.51 Å². The maximum atomic E-state index is 9.82. The Kier molecular flexibility index (Phi) is 5.56. The molecule has 0 saturated carbocycles. The van der Waals surface area contributed by atoms with Crippen molar-refractivity contribution in [3.8, 4) is 0 Å². The minimum absolute atomic E-state index is 0.190. The third-order valence-corrected chi connectivity index (χ3v) is 3.60. The SMILES string of the molecule is Cc1ncsc1CCNCC(O)CC(C)(C)C. The lowest BCUT2D eigenvalue weighted by atomic mass is 9.89. The molecule has 0 spiro atoms. The highest BCUT2D eigenvalue weighted by Gasteiger charge is 2.16. The van der Waals surface area contributed by atoms with E-state index < -0.39 is 0 Å². The molecule has 1 atom stereocenters. The summed E-state index contributed by atoms with van der Waals surface area (Å²) in [6.07, 6.45) is 1.58. The van der Waals surface area contributed by atoms with Gasteiger partial charge >= 0.3 is 0 Å². The van der Waals surface area contributed by atoms with Crippen LogP contribution in [0.5, 0.6) is 0 Å². The number of aromatic nitrogens is 1. The number of aryl methyl sites for hydroxylation is 1. The van der Waals surface area contributed by atoms with Gasteiger partial charge in [-0.25, -0.2) is 4.98 Å². The van der Waals surface area contributed by atoms with Crippen LogP contribution < -0.4 is 5.32 Å². The van der Waals surface area contributed by atoms with Gasteiger partial charge in [-0.15, -0.1) is 11.3 Å². The highest BCUT2D eigenvalue weighted by Crippen LogP contribution is 2.20. The average Bonchev–Trinajstić information content (AvgIpc) is 2.56. The molecule has 3 nitrogen and oxygen atoms in total. The standard InChI is InChI=1S/C13H24N2OS/c1-10-12(17-9-15-10)5-6-14-8-11(16)7-13(2,3)4/h9,11,14,16H,5-8H2,1-4H3. The van der Waals surface area contributed by atoms with Gasteiger partial charge in [-0.3, -0.25) is 0 Å². The van der Waals surface area contributed by atoms with Crippen molar-refractivity contribution < 1.29 is 5.11 Å². The first-order chi connectivity index (χ1) is 7.88. The van der Waals surface area contributed by atoms with Gasteiger partial charge in [0.25, 0.3) is 0 Å². The monoisotopic (exact) mass is 256 g/mol. The number of aliphatic hydroxyl groups is 1. The third-order valence-electron chi connectivity index (χ3n) is 2.60. The zero-order valence-corrected chi connectivity index (χ0v) is 12.1. The predicted molar refractivity (Wildman–Crippen MR) is 73.5 cm³/mol. The van der Waals surface area contributed by atoms with E-state index in [1.807, 2.05) is 12.4 Å². The van der Waals surface area contributed by atoms with Gasteiger partial charge in [-0.2, -0.15) is 0 Å². The molecule has 1 aromatic heterocycles. The van der Waals surface area contributed by atoms with E-state index in [0.29, 0.717) is 6.54 Å². The summed E-state index contributed by atoms with van der Waals surface area (Å²) >= 11 is 1.70. The van der Waals surface area contributed by atoms with Crippen molar-refractivity contribution >= 4 is 11.3 Å². The fourth-order valence-electron chi connectivity index (χ4n) is 1.82. The first-order valence-electron chi connectivity index (χ1n) is 6.16. The fraction of sp³-hybridized carbons (Fsp3) is 0.769. The van der Waals surface area contributed by atoms with Gasteiger partial charge in [0, 0.05) is 18.0 Å². The van der Waals surface area contributed by atoms with E-state index in [1.54, 1.807) is 11.3 Å². The Morgan fingerprint density at radius 3 is 2.71 bits per heavy atom. The van der Waals surface area contributed by atoms with Crippen LogP contribution in [0.4, 0.5) is 0 Å². The Balaban J connectivity index is 2.14. The minimum atomic E-state index is -0.252. The van der Waals surface area contributed by atoms with E-state index in [-0.39, 0.29) is 11.5 Å². The summed E-state index contributed by atoms with van der Waals surface area (Å²) in [6.45, 7) is 10.1. The third kappa shape index (κ3) is 6.15. The smallest absolute Gasteiger partial charge is 0.0797 e. The van der Waals surface area contributed by atoms with Crippen LogP contribution in [0.1, 0.15) is 37.8 Å². The normalized spacial score (nSPS) is 13.9. The number of hydrogen-bond donors (Lipinski definition) is 2. The summed E-state index contributed by atoms with van der Waals surface area (Å²) in [5, 5.41) is 13.1. The summed E-state index contributed by atoms with van der Waals surface area (Å²) in [5.41, 5.74) is 3.21. The number of aliphatic hydroxyl groups excluding tert-OH is 1. The number of rotatable bonds is 6. The second kappa shape index (κ2) is 6.47. The lowest BCUT2D eigenvalue weighted by Gasteiger charge is -2.22. The lowest BCUT2D eigenvalue weighted by molar-refractivity contribution is 0.120. The average molecular weight is 256 g/mol. The lowest BCUT2D eigenvalue weighted by Crippen LogP contribution is -2.31. The molecule has 0 aromatic carbocycles. The van der Waals surface area contributed by atoms with Crippen LogP contribution in [0.2, 0.25) is 0 Å². The van der Waals surface area contributed by atoms with Crippen molar-refractivity contribution in [3.05, 3.63) is 16.1 Å². The van der Waals surface area contributed by atoms with Crippen LogP contribution in [-0.4, -0.2) is 29.3 Å². The van der Waals surface area contributed by atoms with Crippen LogP contribution in [0.3, 0.4) is 0 Å². The molecule has 0 aliphatic rings. The molecule has 0 radical (unpaired) electrons. The molecule has 1 unspecified atom stereocenters. The fourth-order valence-corrected chi connectivity index (χ4v) is 2.60. The molecule has 0 aliphatic carbocycles. The van der Waals surface area contributed by atoms with Crippen molar-refractivity contribution in [2.24, 2.45) is 5.41 Å². The van der Waals surface area contributed by atoms with Gasteiger partial charge in [0.2, 0.25) is 0 Å². The Morgan fingerprint density at radius 1 is 1.47 bits per heavy atom. The second-order valence-corrected chi connectivity index (χ2v) is 6.67. The van der Waals surface area contributed by atoms with Crippen molar-refractivity contribution in [2.75, 3.05) is 13.1 Å². The van der Waals surface area contributed by atoms with Gasteiger partial charge in [0.05, 0.1) is 17.3 Å². The van der Waals surface area contributed by atoms with E-state index in [9.17, 15) is 5.11 Å². The highest BCUT2D eigenvalue weighted by molar-refractivity contribution is 7.09. The number of thiazole rings is 1. The molecule has 0 fully saturated rings. The Bertz CT molecular complexity index is 330. The zero-order valence-electron chi connectivity index (χ0n) is 11.3. The Hall–Kier alpha value is -0.450. The molecule has 0 amide bonds. The summed E-state index contributed by atoms with van der Waals surface area (Å²) < 4.78 is 0. The van der Waals surface area contributed by atoms with Gasteiger partial charge in [0.15, 0.2) is 0 Å².